The summed E-state index contributed by atoms with van der Waals surface area (Å²) >= 11 is 0. The number of nitrogens with zero attached hydrogens (tertiary/aromatic N) is 1. The highest BCUT2D eigenvalue weighted by Crippen LogP contribution is 2.34. The summed E-state index contributed by atoms with van der Waals surface area (Å²) in [5.41, 5.74) is 2.37. The Kier molecular flexibility index (Phi) is 17.8. The molecule has 30 heavy (non-hydrogen) atoms. The molecular weight excluding hydrogens is 370 g/mol. The molecule has 1 aliphatic rings. The van der Waals surface area contributed by atoms with Crippen LogP contribution in [-0.2, 0) is 11.3 Å². The number of hydrogen-bond donors (Lipinski definition) is 1. The van der Waals surface area contributed by atoms with Crippen molar-refractivity contribution in [1.29, 1.82) is 0 Å². The lowest BCUT2D eigenvalue weighted by molar-refractivity contribution is -0.120. The van der Waals surface area contributed by atoms with E-state index in [1.165, 1.54) is 18.4 Å². The standard InChI is InChI=1S/C22H35NO2.2C2H6.CH4/c1-5-19(9-8-16(2)18(4)24)17(3)20-10-11-22(25)21(14-20)15-23-12-6-7-13-23;2*1-2;/h10-11,14,16-17,19,25H,5-9,12-13,15H2,1-4H3;2*1-2H3;1H4. The zero-order chi connectivity index (χ0) is 22.4. The van der Waals surface area contributed by atoms with Crippen molar-refractivity contribution in [2.45, 2.75) is 107 Å². The molecule has 3 heteroatoms. The van der Waals surface area contributed by atoms with Crippen LogP contribution >= 0.6 is 0 Å². The second kappa shape index (κ2) is 17.3. The first-order valence-corrected chi connectivity index (χ1v) is 12.0. The summed E-state index contributed by atoms with van der Waals surface area (Å²) < 4.78 is 0. The molecule has 3 nitrogen and oxygen atoms in total. The van der Waals surface area contributed by atoms with E-state index >= 15 is 0 Å². The van der Waals surface area contributed by atoms with Gasteiger partial charge in [0, 0.05) is 18.0 Å². The molecule has 0 spiro atoms. The minimum Gasteiger partial charge on any atom is -0.508 e. The first-order valence-electron chi connectivity index (χ1n) is 12.0. The fourth-order valence-corrected chi connectivity index (χ4v) is 3.94. The first-order chi connectivity index (χ1) is 13.9. The van der Waals surface area contributed by atoms with E-state index in [0.29, 0.717) is 23.4 Å². The van der Waals surface area contributed by atoms with Crippen LogP contribution in [0.25, 0.3) is 0 Å². The molecule has 176 valence electrons. The predicted octanol–water partition coefficient (Wildman–Crippen LogP) is 7.81. The Balaban J connectivity index is 0. The normalized spacial score (nSPS) is 16.1. The molecule has 3 atom stereocenters. The number of Topliss-reactive ketones (excluding diaryl/α,β-unsaturated/α-hetero) is 1. The Morgan fingerprint density at radius 2 is 1.63 bits per heavy atom. The van der Waals surface area contributed by atoms with E-state index < -0.39 is 0 Å². The number of aromatic hydroxyl groups is 1. The predicted molar refractivity (Wildman–Crippen MR) is 133 cm³/mol. The van der Waals surface area contributed by atoms with E-state index in [2.05, 4.69) is 30.9 Å². The number of hydrogen-bond acceptors (Lipinski definition) is 3. The molecule has 1 saturated heterocycles. The van der Waals surface area contributed by atoms with Crippen LogP contribution in [0.2, 0.25) is 0 Å². The molecule has 1 aromatic carbocycles. The summed E-state index contributed by atoms with van der Waals surface area (Å²) in [6, 6.07) is 6.14. The van der Waals surface area contributed by atoms with Gasteiger partial charge in [0.15, 0.2) is 0 Å². The molecule has 3 unspecified atom stereocenters. The molecule has 2 rings (SSSR count). The summed E-state index contributed by atoms with van der Waals surface area (Å²) in [4.78, 5) is 13.9. The SMILES string of the molecule is C.CC.CC.CCC(CCC(C)C(C)=O)C(C)c1ccc(O)c(CN2CCCC2)c1. The Hall–Kier alpha value is -1.35. The fraction of sp³-hybridized carbons (Fsp3) is 0.741. The van der Waals surface area contributed by atoms with Crippen molar-refractivity contribution >= 4 is 5.78 Å². The van der Waals surface area contributed by atoms with Gasteiger partial charge in [-0.2, -0.15) is 0 Å². The first kappa shape index (κ1) is 30.8. The number of ketones is 1. The molecule has 1 aliphatic heterocycles. The third-order valence-electron chi connectivity index (χ3n) is 6.12. The number of phenols is 1. The number of carbonyl (C=O) groups excluding carboxylic acids is 1. The molecule has 0 amide bonds. The van der Waals surface area contributed by atoms with E-state index in [1.807, 2.05) is 40.7 Å². The largest absolute Gasteiger partial charge is 0.508 e. The van der Waals surface area contributed by atoms with Crippen LogP contribution in [0.5, 0.6) is 5.75 Å². The van der Waals surface area contributed by atoms with Crippen LogP contribution in [-0.4, -0.2) is 28.9 Å². The number of carbonyl (C=O) groups is 1. The van der Waals surface area contributed by atoms with E-state index in [-0.39, 0.29) is 13.3 Å². The van der Waals surface area contributed by atoms with Crippen molar-refractivity contribution in [2.75, 3.05) is 13.1 Å². The average Bonchev–Trinajstić information content (AvgIpc) is 3.25. The Morgan fingerprint density at radius 3 is 2.13 bits per heavy atom. The number of benzene rings is 1. The van der Waals surface area contributed by atoms with Crippen LogP contribution in [0.4, 0.5) is 0 Å². The van der Waals surface area contributed by atoms with Gasteiger partial charge in [-0.1, -0.05) is 74.4 Å². The highest BCUT2D eigenvalue weighted by molar-refractivity contribution is 5.77. The van der Waals surface area contributed by atoms with Crippen LogP contribution in [0.15, 0.2) is 18.2 Å². The lowest BCUT2D eigenvalue weighted by atomic mass is 9.80. The van der Waals surface area contributed by atoms with Gasteiger partial charge in [-0.3, -0.25) is 9.69 Å². The van der Waals surface area contributed by atoms with Gasteiger partial charge in [0.05, 0.1) is 0 Å². The monoisotopic (exact) mass is 421 g/mol. The third kappa shape index (κ3) is 10.1. The van der Waals surface area contributed by atoms with Crippen LogP contribution in [0, 0.1) is 11.8 Å². The Bertz CT molecular complexity index is 564. The summed E-state index contributed by atoms with van der Waals surface area (Å²) in [5.74, 6) is 1.89. The maximum atomic E-state index is 11.5. The fourth-order valence-electron chi connectivity index (χ4n) is 3.94. The molecule has 0 radical (unpaired) electrons. The summed E-state index contributed by atoms with van der Waals surface area (Å²) in [6.45, 7) is 19.4. The highest BCUT2D eigenvalue weighted by Gasteiger charge is 2.21. The second-order valence-corrected chi connectivity index (χ2v) is 7.92. The van der Waals surface area contributed by atoms with Crippen molar-refractivity contribution in [3.63, 3.8) is 0 Å². The lowest BCUT2D eigenvalue weighted by Crippen LogP contribution is -2.19. The average molecular weight is 422 g/mol. The van der Waals surface area contributed by atoms with Gasteiger partial charge >= 0.3 is 0 Å². The Morgan fingerprint density at radius 1 is 1.07 bits per heavy atom. The quantitative estimate of drug-likeness (QED) is 0.442. The van der Waals surface area contributed by atoms with Crippen molar-refractivity contribution in [3.05, 3.63) is 29.3 Å². The smallest absolute Gasteiger partial charge is 0.132 e. The van der Waals surface area contributed by atoms with Crippen LogP contribution < -0.4 is 0 Å². The number of phenolic OH excluding ortho intramolecular Hbond substituents is 1. The van der Waals surface area contributed by atoms with Crippen molar-refractivity contribution in [1.82, 2.24) is 4.90 Å². The van der Waals surface area contributed by atoms with Gasteiger partial charge < -0.3 is 5.11 Å². The minimum atomic E-state index is 0. The second-order valence-electron chi connectivity index (χ2n) is 7.92. The number of rotatable bonds is 9. The van der Waals surface area contributed by atoms with Gasteiger partial charge in [-0.25, -0.2) is 0 Å². The van der Waals surface area contributed by atoms with Gasteiger partial charge in [-0.15, -0.1) is 0 Å². The number of likely N-dealkylation sites (tertiary alicyclic amines) is 1. The van der Waals surface area contributed by atoms with Gasteiger partial charge in [0.1, 0.15) is 11.5 Å². The zero-order valence-corrected chi connectivity index (χ0v) is 20.4. The van der Waals surface area contributed by atoms with Crippen LogP contribution in [0.3, 0.4) is 0 Å². The van der Waals surface area contributed by atoms with Crippen molar-refractivity contribution in [2.24, 2.45) is 11.8 Å². The minimum absolute atomic E-state index is 0. The summed E-state index contributed by atoms with van der Waals surface area (Å²) in [7, 11) is 0. The molecule has 1 aromatic rings. The summed E-state index contributed by atoms with van der Waals surface area (Å²) in [5, 5.41) is 10.2. The van der Waals surface area contributed by atoms with Gasteiger partial charge in [-0.05, 0) is 69.2 Å². The van der Waals surface area contributed by atoms with E-state index in [1.54, 1.807) is 6.92 Å². The molecule has 1 fully saturated rings. The maximum absolute atomic E-state index is 11.5. The van der Waals surface area contributed by atoms with Crippen molar-refractivity contribution in [3.8, 4) is 5.75 Å². The maximum Gasteiger partial charge on any atom is 0.132 e. The third-order valence-corrected chi connectivity index (χ3v) is 6.12. The lowest BCUT2D eigenvalue weighted by Gasteiger charge is -2.25. The molecule has 1 N–H and O–H groups in total. The van der Waals surface area contributed by atoms with E-state index in [4.69, 9.17) is 0 Å². The molecule has 0 bridgehead atoms. The molecule has 0 aromatic heterocycles. The zero-order valence-electron chi connectivity index (χ0n) is 20.4. The van der Waals surface area contributed by atoms with Crippen molar-refractivity contribution < 1.29 is 9.90 Å². The van der Waals surface area contributed by atoms with Gasteiger partial charge in [0.25, 0.3) is 0 Å². The van der Waals surface area contributed by atoms with Gasteiger partial charge in [0.2, 0.25) is 0 Å². The molecule has 0 aliphatic carbocycles. The Labute approximate surface area is 188 Å². The summed E-state index contributed by atoms with van der Waals surface area (Å²) in [6.07, 6.45) is 5.71. The highest BCUT2D eigenvalue weighted by atomic mass is 16.3. The van der Waals surface area contributed by atoms with Crippen LogP contribution in [0.1, 0.15) is 112 Å². The van der Waals surface area contributed by atoms with E-state index in [9.17, 15) is 9.90 Å². The topological polar surface area (TPSA) is 40.5 Å². The molecule has 1 heterocycles. The van der Waals surface area contributed by atoms with E-state index in [0.717, 1.165) is 44.5 Å². The molecule has 0 saturated carbocycles. The molecular formula is C27H51NO2.